The molecule has 0 heterocycles. The lowest BCUT2D eigenvalue weighted by Crippen LogP contribution is -2.43. The van der Waals surface area contributed by atoms with Crippen molar-refractivity contribution in [2.24, 2.45) is 0 Å². The fourth-order valence-corrected chi connectivity index (χ4v) is 1.47. The van der Waals surface area contributed by atoms with Crippen molar-refractivity contribution in [2.75, 3.05) is 13.1 Å². The van der Waals surface area contributed by atoms with Crippen molar-refractivity contribution in [3.05, 3.63) is 0 Å². The van der Waals surface area contributed by atoms with Crippen LogP contribution in [0.2, 0.25) is 0 Å². The fourth-order valence-electron chi connectivity index (χ4n) is 1.47. The maximum Gasteiger partial charge on any atom is 0.323 e. The lowest BCUT2D eigenvalue weighted by molar-refractivity contribution is -0.146. The van der Waals surface area contributed by atoms with Crippen LogP contribution in [0.3, 0.4) is 0 Å². The molecule has 0 saturated heterocycles. The Kier molecular flexibility index (Phi) is 7.54. The predicted molar refractivity (Wildman–Crippen MR) is 66.9 cm³/mol. The van der Waals surface area contributed by atoms with Gasteiger partial charge in [0.15, 0.2) is 0 Å². The fraction of sp³-hybridized carbons (Fsp3) is 0.833. The maximum atomic E-state index is 11.9. The molecule has 0 aromatic rings. The second-order valence-corrected chi connectivity index (χ2v) is 4.53. The number of carboxylic acids is 1. The zero-order chi connectivity index (χ0) is 13.4. The molecule has 5 heteroatoms. The number of hydrogen-bond acceptors (Lipinski definition) is 3. The van der Waals surface area contributed by atoms with Gasteiger partial charge in [-0.2, -0.15) is 0 Å². The summed E-state index contributed by atoms with van der Waals surface area (Å²) in [4.78, 5) is 24.0. The minimum Gasteiger partial charge on any atom is -0.480 e. The van der Waals surface area contributed by atoms with Crippen LogP contribution in [0.4, 0.5) is 0 Å². The molecule has 2 N–H and O–H groups in total. The molecule has 1 amide bonds. The van der Waals surface area contributed by atoms with Crippen molar-refractivity contribution < 1.29 is 14.7 Å². The summed E-state index contributed by atoms with van der Waals surface area (Å²) >= 11 is 0. The van der Waals surface area contributed by atoms with E-state index in [9.17, 15) is 9.59 Å². The van der Waals surface area contributed by atoms with Crippen molar-refractivity contribution in [2.45, 2.75) is 52.6 Å². The van der Waals surface area contributed by atoms with Crippen LogP contribution in [0.25, 0.3) is 0 Å². The Morgan fingerprint density at radius 1 is 1.29 bits per heavy atom. The van der Waals surface area contributed by atoms with Gasteiger partial charge in [-0.05, 0) is 13.3 Å². The minimum absolute atomic E-state index is 0.0300. The van der Waals surface area contributed by atoms with Crippen molar-refractivity contribution in [1.82, 2.24) is 10.2 Å². The molecular weight excluding hydrogens is 220 g/mol. The van der Waals surface area contributed by atoms with Gasteiger partial charge >= 0.3 is 5.97 Å². The van der Waals surface area contributed by atoms with E-state index in [1.54, 1.807) is 0 Å². The van der Waals surface area contributed by atoms with Crippen LogP contribution in [0.15, 0.2) is 0 Å². The van der Waals surface area contributed by atoms with Crippen LogP contribution < -0.4 is 5.32 Å². The van der Waals surface area contributed by atoms with Crippen molar-refractivity contribution >= 4 is 11.9 Å². The van der Waals surface area contributed by atoms with Gasteiger partial charge in [0, 0.05) is 25.0 Å². The number of carbonyl (C=O) groups is 2. The third-order valence-electron chi connectivity index (χ3n) is 2.64. The number of aliphatic carboxylic acids is 1. The second-order valence-electron chi connectivity index (χ2n) is 4.53. The molecule has 0 aromatic heterocycles. The SMILES string of the molecule is CCC(C)N(CC(=O)O)C(=O)CCNC(C)C. The Morgan fingerprint density at radius 3 is 2.29 bits per heavy atom. The molecule has 0 aliphatic rings. The lowest BCUT2D eigenvalue weighted by Gasteiger charge is -2.27. The molecule has 0 aliphatic heterocycles. The number of carbonyl (C=O) groups excluding carboxylic acids is 1. The van der Waals surface area contributed by atoms with Gasteiger partial charge in [0.1, 0.15) is 6.54 Å². The molecular formula is C12H24N2O3. The topological polar surface area (TPSA) is 69.6 Å². The summed E-state index contributed by atoms with van der Waals surface area (Å²) in [5.74, 6) is -1.06. The van der Waals surface area contributed by atoms with Crippen LogP contribution >= 0.6 is 0 Å². The van der Waals surface area contributed by atoms with Gasteiger partial charge in [-0.15, -0.1) is 0 Å². The predicted octanol–water partition coefficient (Wildman–Crippen LogP) is 1.09. The summed E-state index contributed by atoms with van der Waals surface area (Å²) in [6.07, 6.45) is 1.10. The third-order valence-corrected chi connectivity index (χ3v) is 2.64. The third kappa shape index (κ3) is 6.94. The zero-order valence-electron chi connectivity index (χ0n) is 11.2. The highest BCUT2D eigenvalue weighted by atomic mass is 16.4. The van der Waals surface area contributed by atoms with E-state index in [1.165, 1.54) is 4.90 Å². The summed E-state index contributed by atoms with van der Waals surface area (Å²) in [7, 11) is 0. The van der Waals surface area contributed by atoms with Gasteiger partial charge in [-0.25, -0.2) is 0 Å². The molecule has 0 saturated carbocycles. The van der Waals surface area contributed by atoms with Crippen molar-refractivity contribution in [1.29, 1.82) is 0 Å². The molecule has 100 valence electrons. The summed E-state index contributed by atoms with van der Waals surface area (Å²) in [5, 5.41) is 11.9. The Hall–Kier alpha value is -1.10. The second kappa shape index (κ2) is 8.06. The number of carboxylic acid groups (broad SMARTS) is 1. The molecule has 0 radical (unpaired) electrons. The maximum absolute atomic E-state index is 11.9. The van der Waals surface area contributed by atoms with Gasteiger partial charge < -0.3 is 15.3 Å². The average molecular weight is 244 g/mol. The van der Waals surface area contributed by atoms with Crippen LogP contribution in [0.5, 0.6) is 0 Å². The van der Waals surface area contributed by atoms with E-state index in [2.05, 4.69) is 5.32 Å². The molecule has 0 bridgehead atoms. The van der Waals surface area contributed by atoms with E-state index in [4.69, 9.17) is 5.11 Å². The van der Waals surface area contributed by atoms with Crippen LogP contribution in [-0.4, -0.2) is 47.1 Å². The monoisotopic (exact) mass is 244 g/mol. The van der Waals surface area contributed by atoms with Gasteiger partial charge in [-0.3, -0.25) is 9.59 Å². The Labute approximate surface area is 103 Å². The van der Waals surface area contributed by atoms with E-state index in [0.29, 0.717) is 19.0 Å². The number of nitrogens with one attached hydrogen (secondary N) is 1. The standard InChI is InChI=1S/C12H24N2O3/c1-5-10(4)14(8-12(16)17)11(15)6-7-13-9(2)3/h9-10,13H,5-8H2,1-4H3,(H,16,17). The van der Waals surface area contributed by atoms with Gasteiger partial charge in [0.2, 0.25) is 5.91 Å². The largest absolute Gasteiger partial charge is 0.480 e. The highest BCUT2D eigenvalue weighted by Gasteiger charge is 2.20. The Bertz CT molecular complexity index is 254. The first kappa shape index (κ1) is 15.9. The molecule has 5 nitrogen and oxygen atoms in total. The van der Waals surface area contributed by atoms with E-state index >= 15 is 0 Å². The van der Waals surface area contributed by atoms with E-state index in [1.807, 2.05) is 27.7 Å². The van der Waals surface area contributed by atoms with Gasteiger partial charge in [0.05, 0.1) is 0 Å². The van der Waals surface area contributed by atoms with Crippen molar-refractivity contribution in [3.8, 4) is 0 Å². The molecule has 1 atom stereocenters. The number of nitrogens with zero attached hydrogens (tertiary/aromatic N) is 1. The Balaban J connectivity index is 4.27. The normalized spacial score (nSPS) is 12.5. The summed E-state index contributed by atoms with van der Waals surface area (Å²) in [6.45, 7) is 8.21. The molecule has 0 fully saturated rings. The summed E-state index contributed by atoms with van der Waals surface area (Å²) in [6, 6.07) is 0.303. The smallest absolute Gasteiger partial charge is 0.323 e. The van der Waals surface area contributed by atoms with E-state index < -0.39 is 5.97 Å². The molecule has 0 aliphatic carbocycles. The Morgan fingerprint density at radius 2 is 1.88 bits per heavy atom. The molecule has 1 unspecified atom stereocenters. The zero-order valence-corrected chi connectivity index (χ0v) is 11.2. The lowest BCUT2D eigenvalue weighted by atomic mass is 10.2. The first-order valence-electron chi connectivity index (χ1n) is 6.13. The number of amides is 1. The minimum atomic E-state index is -0.963. The molecule has 0 aromatic carbocycles. The van der Waals surface area contributed by atoms with E-state index in [0.717, 1.165) is 6.42 Å². The first-order valence-corrected chi connectivity index (χ1v) is 6.13. The van der Waals surface area contributed by atoms with Crippen LogP contribution in [0, 0.1) is 0 Å². The quantitative estimate of drug-likeness (QED) is 0.670. The number of hydrogen-bond donors (Lipinski definition) is 2. The number of rotatable bonds is 8. The van der Waals surface area contributed by atoms with Gasteiger partial charge in [0.25, 0.3) is 0 Å². The first-order chi connectivity index (χ1) is 7.88. The molecule has 0 rings (SSSR count). The summed E-state index contributed by atoms with van der Waals surface area (Å²) in [5.41, 5.74) is 0. The molecule has 0 spiro atoms. The van der Waals surface area contributed by atoms with Crippen molar-refractivity contribution in [3.63, 3.8) is 0 Å². The van der Waals surface area contributed by atoms with E-state index in [-0.39, 0.29) is 18.5 Å². The van der Waals surface area contributed by atoms with Crippen LogP contribution in [-0.2, 0) is 9.59 Å². The highest BCUT2D eigenvalue weighted by molar-refractivity contribution is 5.81. The average Bonchev–Trinajstić information content (AvgIpc) is 2.23. The van der Waals surface area contributed by atoms with Crippen LogP contribution in [0.1, 0.15) is 40.5 Å². The summed E-state index contributed by atoms with van der Waals surface area (Å²) < 4.78 is 0. The molecule has 17 heavy (non-hydrogen) atoms. The highest BCUT2D eigenvalue weighted by Crippen LogP contribution is 2.05. The van der Waals surface area contributed by atoms with Gasteiger partial charge in [-0.1, -0.05) is 20.8 Å².